The highest BCUT2D eigenvalue weighted by molar-refractivity contribution is 7.92. The van der Waals surface area contributed by atoms with Gasteiger partial charge in [-0.1, -0.05) is 44.9 Å². The van der Waals surface area contributed by atoms with Gasteiger partial charge in [-0.05, 0) is 18.9 Å². The summed E-state index contributed by atoms with van der Waals surface area (Å²) in [5, 5.41) is 4.80. The summed E-state index contributed by atoms with van der Waals surface area (Å²) < 4.78 is 25.1. The minimum Gasteiger partial charge on any atom is -0.272 e. The minimum absolute atomic E-state index is 0.0280. The molecule has 0 aliphatic rings. The number of hydrogen-bond donors (Lipinski definition) is 2. The van der Waals surface area contributed by atoms with Crippen molar-refractivity contribution in [2.45, 2.75) is 46.1 Å². The number of benzene rings is 1. The Labute approximate surface area is 169 Å². The molecular formula is C19H26N4O5S. The van der Waals surface area contributed by atoms with E-state index < -0.39 is 27.4 Å². The first-order valence-electron chi connectivity index (χ1n) is 9.58. The zero-order valence-electron chi connectivity index (χ0n) is 16.6. The van der Waals surface area contributed by atoms with Crippen molar-refractivity contribution >= 4 is 32.4 Å². The number of unbranched alkanes of at least 4 members (excludes halogenated alkanes) is 2. The molecule has 0 bridgehead atoms. The van der Waals surface area contributed by atoms with E-state index in [-0.39, 0.29) is 17.0 Å². The van der Waals surface area contributed by atoms with E-state index in [1.165, 1.54) is 4.68 Å². The summed E-state index contributed by atoms with van der Waals surface area (Å²) in [5.41, 5.74) is 3.97. The van der Waals surface area contributed by atoms with Crippen LogP contribution in [0.2, 0.25) is 0 Å². The van der Waals surface area contributed by atoms with Crippen molar-refractivity contribution < 1.29 is 18.0 Å². The number of fused-ring (bicyclic) bond motifs is 1. The Morgan fingerprint density at radius 2 is 1.72 bits per heavy atom. The highest BCUT2D eigenvalue weighted by Gasteiger charge is 2.19. The van der Waals surface area contributed by atoms with Crippen molar-refractivity contribution in [1.82, 2.24) is 20.6 Å². The van der Waals surface area contributed by atoms with E-state index in [0.29, 0.717) is 30.2 Å². The average molecular weight is 423 g/mol. The van der Waals surface area contributed by atoms with Crippen LogP contribution in [-0.2, 0) is 21.2 Å². The lowest BCUT2D eigenvalue weighted by molar-refractivity contribution is -0.119. The molecule has 0 aliphatic carbocycles. The summed E-state index contributed by atoms with van der Waals surface area (Å²) in [6.07, 6.45) is 2.79. The third kappa shape index (κ3) is 6.11. The maximum atomic E-state index is 12.6. The van der Waals surface area contributed by atoms with E-state index in [2.05, 4.69) is 16.0 Å². The predicted molar refractivity (Wildman–Crippen MR) is 110 cm³/mol. The van der Waals surface area contributed by atoms with Gasteiger partial charge in [-0.15, -0.1) is 0 Å². The third-order valence-electron chi connectivity index (χ3n) is 4.24. The molecule has 1 aromatic carbocycles. The van der Waals surface area contributed by atoms with Crippen LogP contribution >= 0.6 is 0 Å². The smallest absolute Gasteiger partial charge is 0.272 e. The molecule has 1 aromatic heterocycles. The highest BCUT2D eigenvalue weighted by Crippen LogP contribution is 2.13. The van der Waals surface area contributed by atoms with E-state index in [9.17, 15) is 22.8 Å². The van der Waals surface area contributed by atoms with Crippen LogP contribution in [0.25, 0.3) is 10.8 Å². The lowest BCUT2D eigenvalue weighted by Crippen LogP contribution is -2.45. The van der Waals surface area contributed by atoms with Gasteiger partial charge in [0.2, 0.25) is 0 Å². The molecule has 0 spiro atoms. The summed E-state index contributed by atoms with van der Waals surface area (Å²) in [6.45, 7) is 4.17. The molecule has 2 rings (SSSR count). The lowest BCUT2D eigenvalue weighted by atomic mass is 10.1. The Kier molecular flexibility index (Phi) is 7.89. The first-order chi connectivity index (χ1) is 13.8. The second kappa shape index (κ2) is 10.1. The molecule has 0 unspecified atom stereocenters. The number of rotatable bonds is 9. The third-order valence-corrected chi connectivity index (χ3v) is 5.86. The Hall–Kier alpha value is -2.75. The van der Waals surface area contributed by atoms with Gasteiger partial charge in [0.25, 0.3) is 17.4 Å². The fourth-order valence-corrected chi connectivity index (χ4v) is 4.09. The first kappa shape index (κ1) is 22.5. The van der Waals surface area contributed by atoms with Gasteiger partial charge in [0.05, 0.1) is 11.1 Å². The number of carbonyl (C=O) groups is 2. The molecular weight excluding hydrogens is 396 g/mol. The summed E-state index contributed by atoms with van der Waals surface area (Å²) in [7, 11) is -3.54. The van der Waals surface area contributed by atoms with Crippen molar-refractivity contribution in [1.29, 1.82) is 0 Å². The van der Waals surface area contributed by atoms with Crippen LogP contribution < -0.4 is 16.4 Å². The highest BCUT2D eigenvalue weighted by atomic mass is 32.2. The van der Waals surface area contributed by atoms with Gasteiger partial charge in [-0.2, -0.15) is 5.10 Å². The van der Waals surface area contributed by atoms with E-state index in [1.807, 2.05) is 13.8 Å². The van der Waals surface area contributed by atoms with Gasteiger partial charge >= 0.3 is 0 Å². The Morgan fingerprint density at radius 3 is 2.38 bits per heavy atom. The fourth-order valence-electron chi connectivity index (χ4n) is 2.83. The fraction of sp³-hybridized carbons (Fsp3) is 0.474. The van der Waals surface area contributed by atoms with Gasteiger partial charge in [0.1, 0.15) is 5.75 Å². The number of hydrogen-bond acceptors (Lipinski definition) is 6. The van der Waals surface area contributed by atoms with Crippen LogP contribution in [0.15, 0.2) is 29.1 Å². The van der Waals surface area contributed by atoms with Gasteiger partial charge in [-0.3, -0.25) is 25.2 Å². The number of amides is 2. The van der Waals surface area contributed by atoms with Crippen molar-refractivity contribution in [3.63, 3.8) is 0 Å². The molecule has 29 heavy (non-hydrogen) atoms. The Bertz CT molecular complexity index is 1050. The van der Waals surface area contributed by atoms with Crippen molar-refractivity contribution in [2.75, 3.05) is 11.5 Å². The van der Waals surface area contributed by atoms with Crippen molar-refractivity contribution in [3.05, 3.63) is 40.3 Å². The van der Waals surface area contributed by atoms with Gasteiger partial charge < -0.3 is 0 Å². The van der Waals surface area contributed by atoms with E-state index in [1.54, 1.807) is 24.3 Å². The van der Waals surface area contributed by atoms with Crippen LogP contribution in [0.4, 0.5) is 0 Å². The van der Waals surface area contributed by atoms with E-state index >= 15 is 0 Å². The van der Waals surface area contributed by atoms with Crippen molar-refractivity contribution in [2.24, 2.45) is 0 Å². The number of sulfone groups is 1. The largest absolute Gasteiger partial charge is 0.290 e. The van der Waals surface area contributed by atoms with Crippen LogP contribution in [0.1, 0.15) is 50.0 Å². The predicted octanol–water partition coefficient (Wildman–Crippen LogP) is 1.17. The molecule has 9 nitrogen and oxygen atoms in total. The molecule has 0 fully saturated rings. The number of hydrazine groups is 1. The summed E-state index contributed by atoms with van der Waals surface area (Å²) in [5.74, 6) is -2.35. The van der Waals surface area contributed by atoms with Gasteiger partial charge in [0, 0.05) is 11.9 Å². The standard InChI is InChI=1S/C19H26N4O5S/c1-3-5-8-12-29(27,28)13-16(24)20-21-18(25)17-14-9-6-7-10-15(14)19(26)23(22-17)11-4-2/h6-7,9-10H,3-5,8,11-13H2,1-2H3,(H,20,24)(H,21,25). The number of nitrogens with one attached hydrogen (secondary N) is 2. The summed E-state index contributed by atoms with van der Waals surface area (Å²) in [6, 6.07) is 6.55. The van der Waals surface area contributed by atoms with Crippen LogP contribution in [0.3, 0.4) is 0 Å². The molecule has 158 valence electrons. The summed E-state index contributed by atoms with van der Waals surface area (Å²) in [4.78, 5) is 36.9. The van der Waals surface area contributed by atoms with Gasteiger partial charge in [-0.25, -0.2) is 13.1 Å². The zero-order chi connectivity index (χ0) is 21.4. The minimum atomic E-state index is -3.54. The Morgan fingerprint density at radius 1 is 1.03 bits per heavy atom. The van der Waals surface area contributed by atoms with Gasteiger partial charge in [0.15, 0.2) is 15.5 Å². The van der Waals surface area contributed by atoms with E-state index in [0.717, 1.165) is 12.8 Å². The second-order valence-corrected chi connectivity index (χ2v) is 8.91. The monoisotopic (exact) mass is 422 g/mol. The SMILES string of the molecule is CCCCCS(=O)(=O)CC(=O)NNC(=O)c1nn(CCC)c(=O)c2ccccc12. The maximum Gasteiger partial charge on any atom is 0.290 e. The molecule has 0 radical (unpaired) electrons. The number of nitrogens with zero attached hydrogens (tertiary/aromatic N) is 2. The number of carbonyl (C=O) groups excluding carboxylic acids is 2. The lowest BCUT2D eigenvalue weighted by Gasteiger charge is -2.11. The molecule has 0 atom stereocenters. The van der Waals surface area contributed by atoms with Crippen LogP contribution in [0, 0.1) is 0 Å². The molecule has 2 aromatic rings. The Balaban J connectivity index is 2.13. The normalized spacial score (nSPS) is 11.4. The topological polar surface area (TPSA) is 127 Å². The number of aryl methyl sites for hydroxylation is 1. The average Bonchev–Trinajstić information content (AvgIpc) is 2.68. The molecule has 0 saturated heterocycles. The van der Waals surface area contributed by atoms with Crippen molar-refractivity contribution in [3.8, 4) is 0 Å². The molecule has 1 heterocycles. The van der Waals surface area contributed by atoms with Crippen LogP contribution in [-0.4, -0.2) is 41.5 Å². The van der Waals surface area contributed by atoms with E-state index in [4.69, 9.17) is 0 Å². The second-order valence-electron chi connectivity index (χ2n) is 6.72. The molecule has 0 aliphatic heterocycles. The summed E-state index contributed by atoms with van der Waals surface area (Å²) >= 11 is 0. The number of aromatic nitrogens is 2. The quantitative estimate of drug-likeness (QED) is 0.461. The van der Waals surface area contributed by atoms with Crippen LogP contribution in [0.5, 0.6) is 0 Å². The molecule has 0 saturated carbocycles. The maximum absolute atomic E-state index is 12.6. The zero-order valence-corrected chi connectivity index (χ0v) is 17.4. The molecule has 2 N–H and O–H groups in total. The first-order valence-corrected chi connectivity index (χ1v) is 11.4. The molecule has 10 heteroatoms. The molecule has 2 amide bonds.